The molecular weight excluding hydrogens is 340 g/mol. The molecule has 2 aromatic carbocycles. The molecule has 0 fully saturated rings. The van der Waals surface area contributed by atoms with Crippen molar-refractivity contribution >= 4 is 23.5 Å². The predicted molar refractivity (Wildman–Crippen MR) is 90.9 cm³/mol. The summed E-state index contributed by atoms with van der Waals surface area (Å²) in [6, 6.07) is 13.5. The first-order valence-corrected chi connectivity index (χ1v) is 7.80. The van der Waals surface area contributed by atoms with Gasteiger partial charge in [-0.25, -0.2) is 0 Å². The Morgan fingerprint density at radius 1 is 1.00 bits per heavy atom. The van der Waals surface area contributed by atoms with Crippen LogP contribution in [0.5, 0.6) is 11.5 Å². The van der Waals surface area contributed by atoms with Crippen LogP contribution in [0.4, 0.5) is 5.69 Å². The lowest BCUT2D eigenvalue weighted by Crippen LogP contribution is -2.32. The van der Waals surface area contributed by atoms with Gasteiger partial charge in [0, 0.05) is 11.3 Å². The van der Waals surface area contributed by atoms with Crippen LogP contribution in [0.25, 0.3) is 0 Å². The Hall–Kier alpha value is -3.55. The van der Waals surface area contributed by atoms with Crippen LogP contribution in [-0.4, -0.2) is 37.7 Å². The molecule has 26 heavy (non-hydrogen) atoms. The highest BCUT2D eigenvalue weighted by molar-refractivity contribution is 5.97. The Labute approximate surface area is 149 Å². The number of esters is 1. The molecule has 8 nitrogen and oxygen atoms in total. The fourth-order valence-corrected chi connectivity index (χ4v) is 2.21. The van der Waals surface area contributed by atoms with Crippen molar-refractivity contribution in [2.45, 2.75) is 0 Å². The van der Waals surface area contributed by atoms with Gasteiger partial charge in [0.15, 0.2) is 18.1 Å². The number of carbonyl (C=O) groups is 3. The highest BCUT2D eigenvalue weighted by Crippen LogP contribution is 2.32. The van der Waals surface area contributed by atoms with E-state index in [0.29, 0.717) is 22.7 Å². The SMILES string of the molecule is O=C(COC(=O)CNC(=O)c1ccc2c(c1)OCO2)Nc1ccccc1. The number of carbonyl (C=O) groups excluding carboxylic acids is 3. The van der Waals surface area contributed by atoms with Gasteiger partial charge in [0.25, 0.3) is 11.8 Å². The van der Waals surface area contributed by atoms with Crippen molar-refractivity contribution < 1.29 is 28.6 Å². The standard InChI is InChI=1S/C18H16N2O6/c21-16(20-13-4-2-1-3-5-13)10-24-17(22)9-19-18(23)12-6-7-14-15(8-12)26-11-25-14/h1-8H,9-11H2,(H,19,23)(H,20,21). The average Bonchev–Trinajstić information content (AvgIpc) is 3.13. The smallest absolute Gasteiger partial charge is 0.325 e. The van der Waals surface area contributed by atoms with Gasteiger partial charge in [-0.1, -0.05) is 18.2 Å². The maximum atomic E-state index is 12.0. The van der Waals surface area contributed by atoms with E-state index in [9.17, 15) is 14.4 Å². The molecule has 1 aliphatic heterocycles. The largest absolute Gasteiger partial charge is 0.454 e. The van der Waals surface area contributed by atoms with Gasteiger partial charge in [0.05, 0.1) is 0 Å². The van der Waals surface area contributed by atoms with Crippen LogP contribution in [0.15, 0.2) is 48.5 Å². The second-order valence-electron chi connectivity index (χ2n) is 5.33. The topological polar surface area (TPSA) is 103 Å². The number of nitrogens with one attached hydrogen (secondary N) is 2. The number of anilines is 1. The van der Waals surface area contributed by atoms with Crippen LogP contribution in [-0.2, 0) is 14.3 Å². The fraction of sp³-hybridized carbons (Fsp3) is 0.167. The van der Waals surface area contributed by atoms with E-state index in [4.69, 9.17) is 14.2 Å². The molecule has 0 bridgehead atoms. The van der Waals surface area contributed by atoms with E-state index in [1.165, 1.54) is 6.07 Å². The van der Waals surface area contributed by atoms with E-state index >= 15 is 0 Å². The molecule has 0 atom stereocenters. The average molecular weight is 356 g/mol. The lowest BCUT2D eigenvalue weighted by molar-refractivity contribution is -0.146. The third-order valence-electron chi connectivity index (χ3n) is 3.45. The summed E-state index contributed by atoms with van der Waals surface area (Å²) in [6.07, 6.45) is 0. The Kier molecular flexibility index (Phi) is 5.33. The summed E-state index contributed by atoms with van der Waals surface area (Å²) in [5.74, 6) is -0.619. The van der Waals surface area contributed by atoms with E-state index in [0.717, 1.165) is 0 Å². The van der Waals surface area contributed by atoms with Gasteiger partial charge >= 0.3 is 5.97 Å². The maximum absolute atomic E-state index is 12.0. The summed E-state index contributed by atoms with van der Waals surface area (Å²) in [4.78, 5) is 35.4. The van der Waals surface area contributed by atoms with Gasteiger partial charge < -0.3 is 24.8 Å². The highest BCUT2D eigenvalue weighted by Gasteiger charge is 2.17. The summed E-state index contributed by atoms with van der Waals surface area (Å²) in [5.41, 5.74) is 0.925. The first-order valence-electron chi connectivity index (χ1n) is 7.80. The first-order chi connectivity index (χ1) is 12.6. The van der Waals surface area contributed by atoms with E-state index in [1.807, 2.05) is 6.07 Å². The highest BCUT2D eigenvalue weighted by atomic mass is 16.7. The van der Waals surface area contributed by atoms with E-state index in [-0.39, 0.29) is 13.3 Å². The normalized spacial score (nSPS) is 11.5. The zero-order valence-corrected chi connectivity index (χ0v) is 13.7. The summed E-state index contributed by atoms with van der Waals surface area (Å²) in [7, 11) is 0. The number of amides is 2. The molecule has 1 aliphatic rings. The Bertz CT molecular complexity index is 822. The quantitative estimate of drug-likeness (QED) is 0.757. The first kappa shape index (κ1) is 17.3. The molecule has 2 N–H and O–H groups in total. The second kappa shape index (κ2) is 8.02. The van der Waals surface area contributed by atoms with E-state index < -0.39 is 24.4 Å². The molecule has 0 radical (unpaired) electrons. The Balaban J connectivity index is 1.41. The van der Waals surface area contributed by atoms with Crippen molar-refractivity contribution in [2.24, 2.45) is 0 Å². The molecule has 8 heteroatoms. The van der Waals surface area contributed by atoms with Gasteiger partial charge in [-0.05, 0) is 30.3 Å². The summed E-state index contributed by atoms with van der Waals surface area (Å²) >= 11 is 0. The van der Waals surface area contributed by atoms with Gasteiger partial charge in [-0.15, -0.1) is 0 Å². The molecular formula is C18H16N2O6. The van der Waals surface area contributed by atoms with Crippen LogP contribution in [0.2, 0.25) is 0 Å². The number of benzene rings is 2. The van der Waals surface area contributed by atoms with E-state index in [2.05, 4.69) is 10.6 Å². The maximum Gasteiger partial charge on any atom is 0.325 e. The molecule has 1 heterocycles. The van der Waals surface area contributed by atoms with Crippen molar-refractivity contribution in [2.75, 3.05) is 25.3 Å². The van der Waals surface area contributed by atoms with Crippen LogP contribution >= 0.6 is 0 Å². The zero-order chi connectivity index (χ0) is 18.4. The third kappa shape index (κ3) is 4.50. The molecule has 2 amide bonds. The van der Waals surface area contributed by atoms with Gasteiger partial charge in [0.1, 0.15) is 6.54 Å². The molecule has 0 aliphatic carbocycles. The molecule has 0 unspecified atom stereocenters. The molecule has 0 aromatic heterocycles. The predicted octanol–water partition coefficient (Wildman–Crippen LogP) is 1.33. The second-order valence-corrected chi connectivity index (χ2v) is 5.33. The molecule has 134 valence electrons. The molecule has 0 saturated heterocycles. The van der Waals surface area contributed by atoms with Gasteiger partial charge in [-0.3, -0.25) is 14.4 Å². The molecule has 0 saturated carbocycles. The third-order valence-corrected chi connectivity index (χ3v) is 3.45. The number of hydrogen-bond donors (Lipinski definition) is 2. The zero-order valence-electron chi connectivity index (χ0n) is 13.7. The number of ether oxygens (including phenoxy) is 3. The number of rotatable bonds is 6. The number of fused-ring (bicyclic) bond motifs is 1. The van der Waals surface area contributed by atoms with Gasteiger partial charge in [-0.2, -0.15) is 0 Å². The lowest BCUT2D eigenvalue weighted by atomic mass is 10.2. The monoisotopic (exact) mass is 356 g/mol. The molecule has 2 aromatic rings. The van der Waals surface area contributed by atoms with E-state index in [1.54, 1.807) is 36.4 Å². The van der Waals surface area contributed by atoms with Crippen molar-refractivity contribution in [3.05, 3.63) is 54.1 Å². The number of hydrogen-bond acceptors (Lipinski definition) is 6. The Morgan fingerprint density at radius 2 is 1.77 bits per heavy atom. The van der Waals surface area contributed by atoms with Crippen LogP contribution in [0.1, 0.15) is 10.4 Å². The minimum absolute atomic E-state index is 0.109. The van der Waals surface area contributed by atoms with Gasteiger partial charge in [0.2, 0.25) is 6.79 Å². The van der Waals surface area contributed by atoms with Crippen molar-refractivity contribution in [1.29, 1.82) is 0 Å². The Morgan fingerprint density at radius 3 is 2.58 bits per heavy atom. The number of para-hydroxylation sites is 1. The fourth-order valence-electron chi connectivity index (χ4n) is 2.21. The van der Waals surface area contributed by atoms with Crippen LogP contribution < -0.4 is 20.1 Å². The molecule has 3 rings (SSSR count). The minimum Gasteiger partial charge on any atom is -0.454 e. The van der Waals surface area contributed by atoms with Crippen LogP contribution in [0.3, 0.4) is 0 Å². The van der Waals surface area contributed by atoms with Crippen LogP contribution in [0, 0.1) is 0 Å². The minimum atomic E-state index is -0.720. The van der Waals surface area contributed by atoms with Crippen molar-refractivity contribution in [3.63, 3.8) is 0 Å². The molecule has 0 spiro atoms. The van der Waals surface area contributed by atoms with Crippen molar-refractivity contribution in [1.82, 2.24) is 5.32 Å². The lowest BCUT2D eigenvalue weighted by Gasteiger charge is -2.08. The summed E-state index contributed by atoms with van der Waals surface area (Å²) in [6.45, 7) is -0.683. The van der Waals surface area contributed by atoms with Crippen molar-refractivity contribution in [3.8, 4) is 11.5 Å². The summed E-state index contributed by atoms with van der Waals surface area (Å²) in [5, 5.41) is 5.00. The summed E-state index contributed by atoms with van der Waals surface area (Å²) < 4.78 is 15.2.